The van der Waals surface area contributed by atoms with Crippen molar-refractivity contribution >= 4 is 36.0 Å². The summed E-state index contributed by atoms with van der Waals surface area (Å²) in [6.07, 6.45) is 2.86. The number of halogens is 1. The van der Waals surface area contributed by atoms with Gasteiger partial charge in [0.1, 0.15) is 29.8 Å². The van der Waals surface area contributed by atoms with Gasteiger partial charge in [0.2, 0.25) is 5.91 Å². The Morgan fingerprint density at radius 2 is 1.59 bits per heavy atom. The van der Waals surface area contributed by atoms with Crippen LogP contribution in [0.4, 0.5) is 0 Å². The molecule has 2 heterocycles. The van der Waals surface area contributed by atoms with E-state index >= 15 is 0 Å². The SMILES string of the molecule is CC(C)(C)Oc1ccc(CC(NC(=O)c2ccc(C(=N)N)cc2)C(=O)N2C3CC[C@H]2CC(OCC(=O)O)C3)cc1.Cl. The third-order valence-corrected chi connectivity index (χ3v) is 7.24. The fourth-order valence-electron chi connectivity index (χ4n) is 5.52. The highest BCUT2D eigenvalue weighted by Crippen LogP contribution is 2.37. The summed E-state index contributed by atoms with van der Waals surface area (Å²) in [5, 5.41) is 19.5. The van der Waals surface area contributed by atoms with Gasteiger partial charge in [-0.1, -0.05) is 24.3 Å². The van der Waals surface area contributed by atoms with Crippen LogP contribution in [0.25, 0.3) is 0 Å². The van der Waals surface area contributed by atoms with E-state index in [0.717, 1.165) is 24.2 Å². The molecule has 0 aromatic heterocycles. The first kappa shape index (κ1) is 31.9. The number of carbonyl (C=O) groups excluding carboxylic acids is 2. The molecule has 11 heteroatoms. The molecule has 0 radical (unpaired) electrons. The maximum absolute atomic E-state index is 14.0. The van der Waals surface area contributed by atoms with E-state index in [1.165, 1.54) is 0 Å². The first-order valence-electron chi connectivity index (χ1n) is 13.6. The second-order valence-corrected chi connectivity index (χ2v) is 11.5. The number of piperidine rings is 1. The molecule has 41 heavy (non-hydrogen) atoms. The number of nitrogens with two attached hydrogens (primary N) is 1. The van der Waals surface area contributed by atoms with Gasteiger partial charge in [-0.2, -0.15) is 0 Å². The number of nitrogen functional groups attached to an aromatic ring is 1. The largest absolute Gasteiger partial charge is 0.488 e. The van der Waals surface area contributed by atoms with Gasteiger partial charge in [0, 0.05) is 29.6 Å². The van der Waals surface area contributed by atoms with Gasteiger partial charge in [0.15, 0.2) is 0 Å². The van der Waals surface area contributed by atoms with Crippen LogP contribution >= 0.6 is 12.4 Å². The number of amides is 2. The lowest BCUT2D eigenvalue weighted by Crippen LogP contribution is -2.56. The van der Waals surface area contributed by atoms with E-state index in [4.69, 9.17) is 25.7 Å². The Labute approximate surface area is 246 Å². The Balaban J connectivity index is 0.00000462. The van der Waals surface area contributed by atoms with E-state index in [1.807, 2.05) is 49.9 Å². The van der Waals surface area contributed by atoms with Crippen LogP contribution in [-0.4, -0.2) is 70.1 Å². The molecule has 2 aromatic rings. The maximum atomic E-state index is 14.0. The number of rotatable bonds is 10. The van der Waals surface area contributed by atoms with E-state index in [2.05, 4.69) is 5.32 Å². The lowest BCUT2D eigenvalue weighted by atomic mass is 9.96. The van der Waals surface area contributed by atoms with Crippen molar-refractivity contribution in [3.63, 3.8) is 0 Å². The minimum absolute atomic E-state index is 0. The molecular weight excluding hydrogens is 548 g/mol. The summed E-state index contributed by atoms with van der Waals surface area (Å²) in [7, 11) is 0. The Bertz CT molecular complexity index is 1230. The summed E-state index contributed by atoms with van der Waals surface area (Å²) < 4.78 is 11.5. The fraction of sp³-hybridized carbons (Fsp3) is 0.467. The quantitative estimate of drug-likeness (QED) is 0.245. The van der Waals surface area contributed by atoms with Gasteiger partial charge < -0.3 is 30.5 Å². The fourth-order valence-corrected chi connectivity index (χ4v) is 5.52. The molecule has 0 aliphatic carbocycles. The van der Waals surface area contributed by atoms with Gasteiger partial charge in [-0.25, -0.2) is 4.79 Å². The van der Waals surface area contributed by atoms with Crippen molar-refractivity contribution in [1.29, 1.82) is 5.41 Å². The number of ether oxygens (including phenoxy) is 2. The number of hydrogen-bond donors (Lipinski definition) is 4. The lowest BCUT2D eigenvalue weighted by Gasteiger charge is -2.40. The highest BCUT2D eigenvalue weighted by molar-refractivity contribution is 6.00. The zero-order valence-electron chi connectivity index (χ0n) is 23.6. The van der Waals surface area contributed by atoms with Crippen molar-refractivity contribution in [1.82, 2.24) is 10.2 Å². The highest BCUT2D eigenvalue weighted by Gasteiger charge is 2.45. The van der Waals surface area contributed by atoms with E-state index in [9.17, 15) is 14.4 Å². The number of carbonyl (C=O) groups is 3. The van der Waals surface area contributed by atoms with Crippen LogP contribution in [0.5, 0.6) is 5.75 Å². The minimum Gasteiger partial charge on any atom is -0.488 e. The number of hydrogen-bond acceptors (Lipinski definition) is 6. The number of carboxylic acid groups (broad SMARTS) is 1. The molecule has 10 nitrogen and oxygen atoms in total. The lowest BCUT2D eigenvalue weighted by molar-refractivity contribution is -0.149. The predicted octanol–water partition coefficient (Wildman–Crippen LogP) is 3.53. The summed E-state index contributed by atoms with van der Waals surface area (Å²) in [6.45, 7) is 5.56. The minimum atomic E-state index is -1.01. The second-order valence-electron chi connectivity index (χ2n) is 11.5. The molecule has 2 aliphatic heterocycles. The Morgan fingerprint density at radius 1 is 1.02 bits per heavy atom. The number of carboxylic acids is 1. The Hall–Kier alpha value is -3.63. The molecule has 2 bridgehead atoms. The summed E-state index contributed by atoms with van der Waals surface area (Å²) in [5.41, 5.74) is 6.93. The van der Waals surface area contributed by atoms with Crippen molar-refractivity contribution in [3.05, 3.63) is 65.2 Å². The molecule has 0 saturated carbocycles. The van der Waals surface area contributed by atoms with Crippen molar-refractivity contribution in [2.24, 2.45) is 5.73 Å². The van der Waals surface area contributed by atoms with Crippen LogP contribution in [-0.2, 0) is 20.7 Å². The zero-order valence-corrected chi connectivity index (χ0v) is 24.4. The third kappa shape index (κ3) is 8.43. The van der Waals surface area contributed by atoms with Crippen LogP contribution in [0.3, 0.4) is 0 Å². The summed E-state index contributed by atoms with van der Waals surface area (Å²) in [4.78, 5) is 40.1. The second kappa shape index (κ2) is 13.4. The highest BCUT2D eigenvalue weighted by atomic mass is 35.5. The zero-order chi connectivity index (χ0) is 29.0. The maximum Gasteiger partial charge on any atom is 0.329 e. The van der Waals surface area contributed by atoms with Crippen LogP contribution < -0.4 is 15.8 Å². The normalized spacial score (nSPS) is 20.5. The number of benzene rings is 2. The van der Waals surface area contributed by atoms with E-state index in [1.54, 1.807) is 24.3 Å². The van der Waals surface area contributed by atoms with E-state index < -0.39 is 17.9 Å². The molecule has 2 aliphatic rings. The van der Waals surface area contributed by atoms with Crippen molar-refractivity contribution in [3.8, 4) is 5.75 Å². The third-order valence-electron chi connectivity index (χ3n) is 7.24. The molecule has 2 saturated heterocycles. The smallest absolute Gasteiger partial charge is 0.329 e. The van der Waals surface area contributed by atoms with Crippen molar-refractivity contribution in [2.45, 2.75) is 82.7 Å². The van der Waals surface area contributed by atoms with Gasteiger partial charge in [-0.05, 0) is 76.3 Å². The van der Waals surface area contributed by atoms with Gasteiger partial charge >= 0.3 is 5.97 Å². The molecule has 222 valence electrons. The first-order valence-corrected chi connectivity index (χ1v) is 13.6. The van der Waals surface area contributed by atoms with E-state index in [-0.39, 0.29) is 54.5 Å². The summed E-state index contributed by atoms with van der Waals surface area (Å²) in [5.74, 6) is -0.940. The molecule has 2 aromatic carbocycles. The van der Waals surface area contributed by atoms with Gasteiger partial charge in [0.05, 0.1) is 6.10 Å². The summed E-state index contributed by atoms with van der Waals surface area (Å²) in [6, 6.07) is 12.9. The molecule has 3 unspecified atom stereocenters. The number of aliphatic carboxylic acids is 1. The number of nitrogens with one attached hydrogen (secondary N) is 2. The molecule has 2 fully saturated rings. The predicted molar refractivity (Wildman–Crippen MR) is 157 cm³/mol. The molecule has 2 amide bonds. The van der Waals surface area contributed by atoms with Crippen LogP contribution in [0, 0.1) is 5.41 Å². The topological polar surface area (TPSA) is 155 Å². The molecular formula is C30H39ClN4O6. The number of amidine groups is 1. The number of nitrogens with zero attached hydrogens (tertiary/aromatic N) is 1. The molecule has 4 rings (SSSR count). The molecule has 5 N–H and O–H groups in total. The van der Waals surface area contributed by atoms with Gasteiger partial charge in [0.25, 0.3) is 5.91 Å². The average molecular weight is 587 g/mol. The van der Waals surface area contributed by atoms with Gasteiger partial charge in [-0.15, -0.1) is 12.4 Å². The Kier molecular flexibility index (Phi) is 10.4. The first-order chi connectivity index (χ1) is 18.9. The monoisotopic (exact) mass is 586 g/mol. The van der Waals surface area contributed by atoms with Crippen LogP contribution in [0.15, 0.2) is 48.5 Å². The standard InChI is InChI=1S/C30H38N4O6.ClH/c1-30(2,3)40-23-12-4-18(5-13-23)14-25(33-28(37)20-8-6-19(7-9-20)27(31)32)29(38)34-21-10-11-22(34)16-24(15-21)39-17-26(35)36;/h4-9,12-13,21-22,24-25H,10-11,14-17H2,1-3H3,(H3,31,32)(H,33,37)(H,35,36);1H/t21-,22?,24?,25?;/m0./s1. The molecule has 4 atom stereocenters. The number of fused-ring (bicyclic) bond motifs is 2. The van der Waals surface area contributed by atoms with Gasteiger partial charge in [-0.3, -0.25) is 15.0 Å². The average Bonchev–Trinajstić information content (AvgIpc) is 3.16. The van der Waals surface area contributed by atoms with E-state index in [0.29, 0.717) is 30.4 Å². The summed E-state index contributed by atoms with van der Waals surface area (Å²) >= 11 is 0. The van der Waals surface area contributed by atoms with Crippen molar-refractivity contribution < 1.29 is 29.0 Å². The van der Waals surface area contributed by atoms with Crippen molar-refractivity contribution in [2.75, 3.05) is 6.61 Å². The Morgan fingerprint density at radius 3 is 2.10 bits per heavy atom. The van der Waals surface area contributed by atoms with Crippen LogP contribution in [0.2, 0.25) is 0 Å². The van der Waals surface area contributed by atoms with Crippen LogP contribution in [0.1, 0.15) is 67.9 Å². The molecule has 0 spiro atoms.